The fourth-order valence-electron chi connectivity index (χ4n) is 2.62. The van der Waals surface area contributed by atoms with Gasteiger partial charge >= 0.3 is 0 Å². The highest BCUT2D eigenvalue weighted by atomic mass is 79.9. The highest BCUT2D eigenvalue weighted by Gasteiger charge is 2.12. The lowest BCUT2D eigenvalue weighted by molar-refractivity contribution is 0.415. The van der Waals surface area contributed by atoms with Gasteiger partial charge in [-0.1, -0.05) is 15.9 Å². The van der Waals surface area contributed by atoms with Crippen molar-refractivity contribution in [2.75, 3.05) is 19.1 Å². The van der Waals surface area contributed by atoms with Crippen LogP contribution >= 0.6 is 15.9 Å². The molecule has 1 heterocycles. The summed E-state index contributed by atoms with van der Waals surface area (Å²) in [6, 6.07) is 15.5. The van der Waals surface area contributed by atoms with E-state index in [-0.39, 0.29) is 5.56 Å². The van der Waals surface area contributed by atoms with Gasteiger partial charge in [-0.25, -0.2) is 0 Å². The number of ether oxygens (including phenoxy) is 1. The van der Waals surface area contributed by atoms with Gasteiger partial charge < -0.3 is 14.2 Å². The maximum Gasteiger partial charge on any atom is 0.274 e. The first-order valence-corrected chi connectivity index (χ1v) is 7.97. The molecule has 0 aliphatic rings. The lowest BCUT2D eigenvalue weighted by Crippen LogP contribution is -2.25. The SMILES string of the molecule is COc1ccc(N(C)c2cc3cc(Br)ccc3n(C)c2=O)cc1. The van der Waals surface area contributed by atoms with Crippen molar-refractivity contribution in [1.29, 1.82) is 0 Å². The standard InChI is InChI=1S/C18H17BrN2O2/c1-20(14-5-7-15(23-3)8-6-14)17-11-12-10-13(19)4-9-16(12)21(2)18(17)22/h4-11H,1-3H3. The highest BCUT2D eigenvalue weighted by Crippen LogP contribution is 2.26. The Morgan fingerprint density at radius 3 is 2.43 bits per heavy atom. The topological polar surface area (TPSA) is 34.5 Å². The number of halogens is 1. The van der Waals surface area contributed by atoms with Crippen LogP contribution in [0.4, 0.5) is 11.4 Å². The average Bonchev–Trinajstić information content (AvgIpc) is 2.57. The van der Waals surface area contributed by atoms with Gasteiger partial charge in [-0.05, 0) is 48.5 Å². The van der Waals surface area contributed by atoms with E-state index in [0.29, 0.717) is 5.69 Å². The largest absolute Gasteiger partial charge is 0.497 e. The Morgan fingerprint density at radius 2 is 1.78 bits per heavy atom. The summed E-state index contributed by atoms with van der Waals surface area (Å²) in [4.78, 5) is 14.6. The first-order valence-electron chi connectivity index (χ1n) is 7.18. The third kappa shape index (κ3) is 2.84. The number of nitrogens with zero attached hydrogens (tertiary/aromatic N) is 2. The first kappa shape index (κ1) is 15.6. The molecular weight excluding hydrogens is 356 g/mol. The van der Waals surface area contributed by atoms with Crippen molar-refractivity contribution < 1.29 is 4.74 Å². The number of aryl methyl sites for hydroxylation is 1. The van der Waals surface area contributed by atoms with E-state index in [1.165, 1.54) is 0 Å². The molecule has 0 bridgehead atoms. The summed E-state index contributed by atoms with van der Waals surface area (Å²) in [7, 11) is 5.32. The lowest BCUT2D eigenvalue weighted by atomic mass is 10.2. The fraction of sp³-hybridized carbons (Fsp3) is 0.167. The second-order valence-electron chi connectivity index (χ2n) is 5.35. The van der Waals surface area contributed by atoms with E-state index in [9.17, 15) is 4.79 Å². The molecule has 3 rings (SSSR count). The van der Waals surface area contributed by atoms with E-state index in [1.54, 1.807) is 18.7 Å². The number of pyridine rings is 1. The average molecular weight is 373 g/mol. The minimum Gasteiger partial charge on any atom is -0.497 e. The van der Waals surface area contributed by atoms with Crippen LogP contribution < -0.4 is 15.2 Å². The number of aromatic nitrogens is 1. The van der Waals surface area contributed by atoms with Crippen molar-refractivity contribution >= 4 is 38.2 Å². The maximum atomic E-state index is 12.7. The van der Waals surface area contributed by atoms with Gasteiger partial charge in [-0.15, -0.1) is 0 Å². The van der Waals surface area contributed by atoms with Crippen LogP contribution in [0.5, 0.6) is 5.75 Å². The third-order valence-electron chi connectivity index (χ3n) is 3.99. The molecule has 0 unspecified atom stereocenters. The Balaban J connectivity index is 2.14. The van der Waals surface area contributed by atoms with Crippen LogP contribution in [0, 0.1) is 0 Å². The lowest BCUT2D eigenvalue weighted by Gasteiger charge is -2.20. The molecule has 0 atom stereocenters. The quantitative estimate of drug-likeness (QED) is 0.694. The molecule has 4 nitrogen and oxygen atoms in total. The summed E-state index contributed by atoms with van der Waals surface area (Å²) in [5, 5.41) is 1.01. The van der Waals surface area contributed by atoms with Crippen LogP contribution in [0.25, 0.3) is 10.9 Å². The molecule has 1 aromatic heterocycles. The molecule has 23 heavy (non-hydrogen) atoms. The van der Waals surface area contributed by atoms with Gasteiger partial charge in [0.2, 0.25) is 0 Å². The molecule has 0 fully saturated rings. The number of anilines is 2. The number of rotatable bonds is 3. The predicted octanol–water partition coefficient (Wildman–Crippen LogP) is 4.08. The molecular formula is C18H17BrN2O2. The van der Waals surface area contributed by atoms with E-state index in [0.717, 1.165) is 26.8 Å². The minimum absolute atomic E-state index is 0.0295. The maximum absolute atomic E-state index is 12.7. The van der Waals surface area contributed by atoms with Crippen molar-refractivity contribution in [3.8, 4) is 5.75 Å². The van der Waals surface area contributed by atoms with E-state index < -0.39 is 0 Å². The number of hydrogen-bond donors (Lipinski definition) is 0. The molecule has 0 aliphatic heterocycles. The number of methoxy groups -OCH3 is 1. The second-order valence-corrected chi connectivity index (χ2v) is 6.27. The van der Waals surface area contributed by atoms with Crippen LogP contribution in [0.3, 0.4) is 0 Å². The van der Waals surface area contributed by atoms with Crippen LogP contribution in [0.15, 0.2) is 57.8 Å². The van der Waals surface area contributed by atoms with Crippen molar-refractivity contribution in [2.24, 2.45) is 7.05 Å². The summed E-state index contributed by atoms with van der Waals surface area (Å²) in [5.41, 5.74) is 2.43. The van der Waals surface area contributed by atoms with Gasteiger partial charge in [0.15, 0.2) is 0 Å². The van der Waals surface area contributed by atoms with Crippen molar-refractivity contribution in [1.82, 2.24) is 4.57 Å². The number of hydrogen-bond acceptors (Lipinski definition) is 3. The van der Waals surface area contributed by atoms with Gasteiger partial charge in [0.05, 0.1) is 12.6 Å². The zero-order valence-electron chi connectivity index (χ0n) is 13.2. The Hall–Kier alpha value is -2.27. The number of benzene rings is 2. The van der Waals surface area contributed by atoms with E-state index in [1.807, 2.05) is 60.5 Å². The predicted molar refractivity (Wildman–Crippen MR) is 97.9 cm³/mol. The minimum atomic E-state index is -0.0295. The summed E-state index contributed by atoms with van der Waals surface area (Å²) < 4.78 is 7.84. The monoisotopic (exact) mass is 372 g/mol. The zero-order chi connectivity index (χ0) is 16.6. The second kappa shape index (κ2) is 6.08. The molecule has 0 saturated heterocycles. The van der Waals surface area contributed by atoms with Gasteiger partial charge in [0.1, 0.15) is 11.4 Å². The van der Waals surface area contributed by atoms with E-state index in [2.05, 4.69) is 15.9 Å². The third-order valence-corrected chi connectivity index (χ3v) is 4.48. The van der Waals surface area contributed by atoms with Crippen LogP contribution in [-0.2, 0) is 7.05 Å². The molecule has 0 aliphatic carbocycles. The Morgan fingerprint density at radius 1 is 1.09 bits per heavy atom. The Bertz CT molecular complexity index is 917. The summed E-state index contributed by atoms with van der Waals surface area (Å²) in [5.74, 6) is 0.789. The molecule has 0 saturated carbocycles. The molecule has 0 amide bonds. The van der Waals surface area contributed by atoms with Crippen LogP contribution in [0.2, 0.25) is 0 Å². The Kier molecular flexibility index (Phi) is 4.13. The smallest absolute Gasteiger partial charge is 0.274 e. The highest BCUT2D eigenvalue weighted by molar-refractivity contribution is 9.10. The first-order chi connectivity index (χ1) is 11.0. The van der Waals surface area contributed by atoms with Crippen LogP contribution in [-0.4, -0.2) is 18.7 Å². The molecule has 2 aromatic carbocycles. The van der Waals surface area contributed by atoms with Gasteiger partial charge in [-0.3, -0.25) is 4.79 Å². The molecule has 0 radical (unpaired) electrons. The van der Waals surface area contributed by atoms with Gasteiger partial charge in [-0.2, -0.15) is 0 Å². The normalized spacial score (nSPS) is 10.8. The zero-order valence-corrected chi connectivity index (χ0v) is 14.8. The van der Waals surface area contributed by atoms with Gasteiger partial charge in [0.25, 0.3) is 5.56 Å². The molecule has 3 aromatic rings. The number of fused-ring (bicyclic) bond motifs is 1. The summed E-state index contributed by atoms with van der Waals surface area (Å²) in [6.07, 6.45) is 0. The van der Waals surface area contributed by atoms with Crippen molar-refractivity contribution in [3.63, 3.8) is 0 Å². The van der Waals surface area contributed by atoms with E-state index in [4.69, 9.17) is 4.74 Å². The molecule has 0 N–H and O–H groups in total. The molecule has 0 spiro atoms. The summed E-state index contributed by atoms with van der Waals surface area (Å²) in [6.45, 7) is 0. The Labute approximate surface area is 143 Å². The van der Waals surface area contributed by atoms with Crippen molar-refractivity contribution in [3.05, 3.63) is 63.4 Å². The van der Waals surface area contributed by atoms with Crippen LogP contribution in [0.1, 0.15) is 0 Å². The molecule has 5 heteroatoms. The van der Waals surface area contributed by atoms with Gasteiger partial charge in [0, 0.05) is 29.6 Å². The van der Waals surface area contributed by atoms with E-state index >= 15 is 0 Å². The fourth-order valence-corrected chi connectivity index (χ4v) is 3.00. The van der Waals surface area contributed by atoms with Crippen molar-refractivity contribution in [2.45, 2.75) is 0 Å². The molecule has 118 valence electrons. The summed E-state index contributed by atoms with van der Waals surface area (Å²) >= 11 is 3.48.